The van der Waals surface area contributed by atoms with Gasteiger partial charge >= 0.3 is 0 Å². The molecule has 0 aromatic rings. The third-order valence-electron chi connectivity index (χ3n) is 2.06. The van der Waals surface area contributed by atoms with Gasteiger partial charge in [-0.2, -0.15) is 0 Å². The highest BCUT2D eigenvalue weighted by atomic mass is 79.9. The molecule has 15 heavy (non-hydrogen) atoms. The Kier molecular flexibility index (Phi) is 5.23. The minimum atomic E-state index is 0. The summed E-state index contributed by atoms with van der Waals surface area (Å²) in [5, 5.41) is 12.7. The summed E-state index contributed by atoms with van der Waals surface area (Å²) >= 11 is 0. The molecule has 0 aliphatic carbocycles. The zero-order valence-electron chi connectivity index (χ0n) is 8.55. The van der Waals surface area contributed by atoms with Crippen LogP contribution in [0.3, 0.4) is 0 Å². The van der Waals surface area contributed by atoms with Crippen LogP contribution in [-0.2, 0) is 0 Å². The molecule has 2 aliphatic heterocycles. The van der Waals surface area contributed by atoms with Gasteiger partial charge in [0.2, 0.25) is 0 Å². The molecule has 0 atom stereocenters. The largest absolute Gasteiger partial charge is 0.355 e. The fourth-order valence-corrected chi connectivity index (χ4v) is 1.39. The number of nitrogens with one attached hydrogen (secondary N) is 4. The predicted molar refractivity (Wildman–Crippen MR) is 66.9 cm³/mol. The fourth-order valence-electron chi connectivity index (χ4n) is 1.39. The molecule has 0 saturated heterocycles. The lowest BCUT2D eigenvalue weighted by Gasteiger charge is -2.08. The van der Waals surface area contributed by atoms with Crippen molar-refractivity contribution in [2.24, 2.45) is 9.98 Å². The summed E-state index contributed by atoms with van der Waals surface area (Å²) < 4.78 is 0. The Bertz CT molecular complexity index is 226. The Balaban J connectivity index is 0.00000112. The Labute approximate surface area is 99.8 Å². The first-order valence-corrected chi connectivity index (χ1v) is 4.99. The van der Waals surface area contributed by atoms with Crippen molar-refractivity contribution in [3.63, 3.8) is 0 Å². The lowest BCUT2D eigenvalue weighted by atomic mass is 10.6. The van der Waals surface area contributed by atoms with Gasteiger partial charge in [-0.05, 0) is 0 Å². The fraction of sp³-hybridized carbons (Fsp3) is 0.750. The highest BCUT2D eigenvalue weighted by molar-refractivity contribution is 8.93. The molecule has 2 rings (SSSR count). The maximum absolute atomic E-state index is 4.23. The summed E-state index contributed by atoms with van der Waals surface area (Å²) in [5.74, 6) is 1.82. The van der Waals surface area contributed by atoms with E-state index in [1.165, 1.54) is 0 Å². The smallest absolute Gasteiger partial charge is 0.191 e. The monoisotopic (exact) mass is 276 g/mol. The molecule has 4 N–H and O–H groups in total. The second kappa shape index (κ2) is 6.49. The molecule has 7 heteroatoms. The average Bonchev–Trinajstić information content (AvgIpc) is 2.86. The van der Waals surface area contributed by atoms with Crippen molar-refractivity contribution in [1.82, 2.24) is 21.3 Å². The summed E-state index contributed by atoms with van der Waals surface area (Å²) in [5.41, 5.74) is 0. The van der Waals surface area contributed by atoms with Gasteiger partial charge in [-0.3, -0.25) is 9.98 Å². The Morgan fingerprint density at radius 1 is 0.933 bits per heavy atom. The van der Waals surface area contributed by atoms with Crippen LogP contribution in [0.2, 0.25) is 0 Å². The molecular weight excluding hydrogens is 260 g/mol. The molecule has 86 valence electrons. The van der Waals surface area contributed by atoms with Crippen molar-refractivity contribution in [2.45, 2.75) is 0 Å². The maximum Gasteiger partial charge on any atom is 0.191 e. The van der Waals surface area contributed by atoms with Gasteiger partial charge in [-0.15, -0.1) is 17.0 Å². The van der Waals surface area contributed by atoms with Gasteiger partial charge < -0.3 is 21.3 Å². The lowest BCUT2D eigenvalue weighted by Crippen LogP contribution is -2.41. The van der Waals surface area contributed by atoms with Gasteiger partial charge in [0.05, 0.1) is 13.1 Å². The number of nitrogens with zero attached hydrogens (tertiary/aromatic N) is 2. The van der Waals surface area contributed by atoms with E-state index in [2.05, 4.69) is 31.3 Å². The van der Waals surface area contributed by atoms with Crippen LogP contribution in [0.1, 0.15) is 0 Å². The van der Waals surface area contributed by atoms with Gasteiger partial charge in [0.25, 0.3) is 0 Å². The van der Waals surface area contributed by atoms with Crippen LogP contribution >= 0.6 is 17.0 Å². The highest BCUT2D eigenvalue weighted by Crippen LogP contribution is 1.81. The van der Waals surface area contributed by atoms with Crippen molar-refractivity contribution < 1.29 is 0 Å². The van der Waals surface area contributed by atoms with Gasteiger partial charge in [-0.1, -0.05) is 0 Å². The normalized spacial score (nSPS) is 18.1. The third-order valence-corrected chi connectivity index (χ3v) is 2.06. The van der Waals surface area contributed by atoms with Crippen molar-refractivity contribution in [1.29, 1.82) is 0 Å². The van der Waals surface area contributed by atoms with E-state index in [0.29, 0.717) is 0 Å². The standard InChI is InChI=1S/C8H16N6.BrH/c1-2-10-7(9-1)13-5-6-14-8-11-3-4-12-8;/h1-6H2,(H2,9,10,13)(H2,11,12,14);1H. The number of hydrogen-bond donors (Lipinski definition) is 4. The van der Waals surface area contributed by atoms with Crippen LogP contribution in [0, 0.1) is 0 Å². The van der Waals surface area contributed by atoms with Gasteiger partial charge in [0.15, 0.2) is 11.9 Å². The Morgan fingerprint density at radius 3 is 1.73 bits per heavy atom. The zero-order chi connectivity index (χ0) is 9.64. The first-order valence-electron chi connectivity index (χ1n) is 4.99. The summed E-state index contributed by atoms with van der Waals surface area (Å²) in [4.78, 5) is 8.45. The number of guanidine groups is 2. The minimum Gasteiger partial charge on any atom is -0.355 e. The zero-order valence-corrected chi connectivity index (χ0v) is 10.3. The summed E-state index contributed by atoms with van der Waals surface area (Å²) in [6.45, 7) is 5.36. The van der Waals surface area contributed by atoms with E-state index in [-0.39, 0.29) is 17.0 Å². The molecule has 0 unspecified atom stereocenters. The topological polar surface area (TPSA) is 72.8 Å². The minimum absolute atomic E-state index is 0. The van der Waals surface area contributed by atoms with E-state index in [9.17, 15) is 0 Å². The molecule has 0 fully saturated rings. The van der Waals surface area contributed by atoms with Crippen molar-refractivity contribution >= 4 is 28.9 Å². The van der Waals surface area contributed by atoms with E-state index < -0.39 is 0 Å². The molecule has 0 spiro atoms. The first-order chi connectivity index (χ1) is 6.95. The molecule has 2 heterocycles. The predicted octanol–water partition coefficient (Wildman–Crippen LogP) is -1.34. The SMILES string of the molecule is Br.C1CNC(NCCNC2=NCCN2)=N1. The van der Waals surface area contributed by atoms with E-state index in [1.54, 1.807) is 0 Å². The van der Waals surface area contributed by atoms with Crippen LogP contribution in [0.4, 0.5) is 0 Å². The number of aliphatic imine (C=N–C) groups is 2. The van der Waals surface area contributed by atoms with Crippen LogP contribution < -0.4 is 21.3 Å². The molecule has 0 bridgehead atoms. The van der Waals surface area contributed by atoms with Gasteiger partial charge in [0, 0.05) is 26.2 Å². The second-order valence-electron chi connectivity index (χ2n) is 3.17. The molecule has 2 aliphatic rings. The first kappa shape index (κ1) is 12.1. The Morgan fingerprint density at radius 2 is 1.40 bits per heavy atom. The van der Waals surface area contributed by atoms with E-state index >= 15 is 0 Å². The number of halogens is 1. The maximum atomic E-state index is 4.23. The Hall–Kier alpha value is -0.980. The van der Waals surface area contributed by atoms with Crippen molar-refractivity contribution in [2.75, 3.05) is 39.3 Å². The third kappa shape index (κ3) is 3.94. The highest BCUT2D eigenvalue weighted by Gasteiger charge is 2.04. The second-order valence-corrected chi connectivity index (χ2v) is 3.17. The quantitative estimate of drug-likeness (QED) is 0.482. The van der Waals surface area contributed by atoms with E-state index in [1.807, 2.05) is 0 Å². The van der Waals surface area contributed by atoms with Crippen LogP contribution in [0.25, 0.3) is 0 Å². The number of hydrogen-bond acceptors (Lipinski definition) is 6. The van der Waals surface area contributed by atoms with E-state index in [4.69, 9.17) is 0 Å². The van der Waals surface area contributed by atoms with E-state index in [0.717, 1.165) is 51.2 Å². The molecule has 0 aromatic heterocycles. The van der Waals surface area contributed by atoms with Gasteiger partial charge in [-0.25, -0.2) is 0 Å². The van der Waals surface area contributed by atoms with Gasteiger partial charge in [0.1, 0.15) is 0 Å². The lowest BCUT2D eigenvalue weighted by molar-refractivity contribution is 0.782. The molecule has 6 nitrogen and oxygen atoms in total. The molecule has 0 radical (unpaired) electrons. The van der Waals surface area contributed by atoms with Crippen LogP contribution in [0.15, 0.2) is 9.98 Å². The summed E-state index contributed by atoms with van der Waals surface area (Å²) in [6, 6.07) is 0. The van der Waals surface area contributed by atoms with Crippen molar-refractivity contribution in [3.05, 3.63) is 0 Å². The number of rotatable bonds is 3. The van der Waals surface area contributed by atoms with Crippen LogP contribution in [-0.4, -0.2) is 51.2 Å². The van der Waals surface area contributed by atoms with Crippen molar-refractivity contribution in [3.8, 4) is 0 Å². The molecule has 0 amide bonds. The van der Waals surface area contributed by atoms with Crippen LogP contribution in [0.5, 0.6) is 0 Å². The molecular formula is C8H17BrN6. The average molecular weight is 277 g/mol. The molecule has 0 saturated carbocycles. The molecule has 0 aromatic carbocycles. The summed E-state index contributed by atoms with van der Waals surface area (Å²) in [7, 11) is 0. The summed E-state index contributed by atoms with van der Waals surface area (Å²) in [6.07, 6.45) is 0.